The second-order valence-corrected chi connectivity index (χ2v) is 4.02. The molecule has 86 valence electrons. The zero-order valence-corrected chi connectivity index (χ0v) is 9.65. The van der Waals surface area contributed by atoms with Gasteiger partial charge in [0.15, 0.2) is 0 Å². The molecule has 0 aliphatic rings. The molecule has 0 radical (unpaired) electrons. The summed E-state index contributed by atoms with van der Waals surface area (Å²) >= 11 is 0. The van der Waals surface area contributed by atoms with Crippen molar-refractivity contribution in [2.24, 2.45) is 0 Å². The molecule has 1 aromatic rings. The van der Waals surface area contributed by atoms with E-state index < -0.39 is 5.97 Å². The van der Waals surface area contributed by atoms with Crippen LogP contribution >= 0.6 is 0 Å². The number of carbonyl (C=O) groups is 1. The number of aryl methyl sites for hydroxylation is 1. The molecule has 0 bridgehead atoms. The van der Waals surface area contributed by atoms with Gasteiger partial charge in [0.05, 0.1) is 5.92 Å². The van der Waals surface area contributed by atoms with E-state index in [4.69, 9.17) is 0 Å². The van der Waals surface area contributed by atoms with Crippen LogP contribution in [0.15, 0.2) is 36.9 Å². The number of aliphatic carboxylic acids is 1. The van der Waals surface area contributed by atoms with Crippen LogP contribution in [0.5, 0.6) is 0 Å². The topological polar surface area (TPSA) is 37.3 Å². The average Bonchev–Trinajstić information content (AvgIpc) is 2.24. The Morgan fingerprint density at radius 3 is 2.88 bits per heavy atom. The van der Waals surface area contributed by atoms with Gasteiger partial charge < -0.3 is 5.11 Å². The van der Waals surface area contributed by atoms with Gasteiger partial charge in [-0.25, -0.2) is 0 Å². The first kappa shape index (κ1) is 12.5. The van der Waals surface area contributed by atoms with E-state index in [0.717, 1.165) is 24.0 Å². The monoisotopic (exact) mass is 218 g/mol. The van der Waals surface area contributed by atoms with Crippen LogP contribution in [0.3, 0.4) is 0 Å². The maximum Gasteiger partial charge on any atom is 0.310 e. The fraction of sp³-hybridized carbons (Fsp3) is 0.357. The van der Waals surface area contributed by atoms with E-state index in [1.165, 1.54) is 0 Å². The van der Waals surface area contributed by atoms with Crippen molar-refractivity contribution in [1.82, 2.24) is 0 Å². The number of allylic oxidation sites excluding steroid dienone is 1. The molecule has 0 aliphatic carbocycles. The Hall–Kier alpha value is -1.57. The van der Waals surface area contributed by atoms with Crippen LogP contribution in [0.2, 0.25) is 0 Å². The van der Waals surface area contributed by atoms with Crippen molar-refractivity contribution in [3.8, 4) is 0 Å². The molecule has 1 unspecified atom stereocenters. The molecule has 2 heteroatoms. The minimum atomic E-state index is -0.741. The van der Waals surface area contributed by atoms with Crippen LogP contribution in [-0.4, -0.2) is 11.1 Å². The number of unbranched alkanes of at least 4 members (excludes halogenated alkanes) is 1. The van der Waals surface area contributed by atoms with Crippen LogP contribution in [-0.2, 0) is 4.79 Å². The van der Waals surface area contributed by atoms with Gasteiger partial charge in [-0.15, -0.1) is 6.58 Å². The van der Waals surface area contributed by atoms with Crippen molar-refractivity contribution < 1.29 is 9.90 Å². The highest BCUT2D eigenvalue weighted by molar-refractivity contribution is 5.76. The first-order valence-corrected chi connectivity index (χ1v) is 5.55. The summed E-state index contributed by atoms with van der Waals surface area (Å²) in [5, 5.41) is 9.19. The SMILES string of the molecule is C=CCCCC(C(=O)O)c1cccc(C)c1. The molecule has 0 amide bonds. The molecule has 0 spiro atoms. The smallest absolute Gasteiger partial charge is 0.310 e. The van der Waals surface area contributed by atoms with Gasteiger partial charge in [-0.05, 0) is 31.7 Å². The highest BCUT2D eigenvalue weighted by atomic mass is 16.4. The summed E-state index contributed by atoms with van der Waals surface area (Å²) in [5.74, 6) is -1.13. The molecule has 0 fully saturated rings. The van der Waals surface area contributed by atoms with Crippen molar-refractivity contribution in [1.29, 1.82) is 0 Å². The molecule has 2 nitrogen and oxygen atoms in total. The van der Waals surface area contributed by atoms with E-state index in [2.05, 4.69) is 6.58 Å². The summed E-state index contributed by atoms with van der Waals surface area (Å²) in [6.45, 7) is 5.62. The van der Waals surface area contributed by atoms with Gasteiger partial charge >= 0.3 is 5.97 Å². The van der Waals surface area contributed by atoms with E-state index in [9.17, 15) is 9.90 Å². The quantitative estimate of drug-likeness (QED) is 0.586. The Balaban J connectivity index is 2.77. The molecule has 1 aromatic carbocycles. The van der Waals surface area contributed by atoms with Crippen molar-refractivity contribution in [2.45, 2.75) is 32.1 Å². The standard InChI is InChI=1S/C14H18O2/c1-3-4-5-9-13(14(15)16)12-8-6-7-11(2)10-12/h3,6-8,10,13H,1,4-5,9H2,2H3,(H,15,16). The summed E-state index contributed by atoms with van der Waals surface area (Å²) in [6, 6.07) is 7.73. The zero-order chi connectivity index (χ0) is 12.0. The first-order valence-electron chi connectivity index (χ1n) is 5.55. The molecule has 1 rings (SSSR count). The molecule has 0 saturated heterocycles. The predicted octanol–water partition coefficient (Wildman–Crippen LogP) is 3.52. The summed E-state index contributed by atoms with van der Waals surface area (Å²) in [4.78, 5) is 11.2. The maximum absolute atomic E-state index is 11.2. The normalized spacial score (nSPS) is 12.1. The molecule has 1 N–H and O–H groups in total. The fourth-order valence-electron chi connectivity index (χ4n) is 1.79. The molecule has 0 heterocycles. The fourth-order valence-corrected chi connectivity index (χ4v) is 1.79. The van der Waals surface area contributed by atoms with Crippen LogP contribution in [0.4, 0.5) is 0 Å². The molecule has 0 aliphatic heterocycles. The third kappa shape index (κ3) is 3.54. The molecule has 1 atom stereocenters. The van der Waals surface area contributed by atoms with Gasteiger partial charge in [0.1, 0.15) is 0 Å². The third-order valence-electron chi connectivity index (χ3n) is 2.64. The van der Waals surface area contributed by atoms with Crippen LogP contribution < -0.4 is 0 Å². The predicted molar refractivity (Wildman–Crippen MR) is 65.6 cm³/mol. The number of hydrogen-bond acceptors (Lipinski definition) is 1. The van der Waals surface area contributed by atoms with Gasteiger partial charge in [-0.3, -0.25) is 4.79 Å². The molecule has 16 heavy (non-hydrogen) atoms. The highest BCUT2D eigenvalue weighted by Gasteiger charge is 2.18. The van der Waals surface area contributed by atoms with E-state index in [0.29, 0.717) is 6.42 Å². The summed E-state index contributed by atoms with van der Waals surface area (Å²) in [6.07, 6.45) is 4.24. The highest BCUT2D eigenvalue weighted by Crippen LogP contribution is 2.23. The summed E-state index contributed by atoms with van der Waals surface area (Å²) in [7, 11) is 0. The lowest BCUT2D eigenvalue weighted by Gasteiger charge is -2.12. The van der Waals surface area contributed by atoms with Gasteiger partial charge in [-0.2, -0.15) is 0 Å². The maximum atomic E-state index is 11.2. The zero-order valence-electron chi connectivity index (χ0n) is 9.65. The summed E-state index contributed by atoms with van der Waals surface area (Å²) in [5.41, 5.74) is 2.00. The second kappa shape index (κ2) is 6.11. The largest absolute Gasteiger partial charge is 0.481 e. The van der Waals surface area contributed by atoms with Crippen molar-refractivity contribution in [3.63, 3.8) is 0 Å². The summed E-state index contributed by atoms with van der Waals surface area (Å²) < 4.78 is 0. The second-order valence-electron chi connectivity index (χ2n) is 4.02. The lowest BCUT2D eigenvalue weighted by atomic mass is 9.92. The number of carboxylic acid groups (broad SMARTS) is 1. The lowest BCUT2D eigenvalue weighted by Crippen LogP contribution is -2.11. The number of carboxylic acids is 1. The third-order valence-corrected chi connectivity index (χ3v) is 2.64. The van der Waals surface area contributed by atoms with E-state index in [1.807, 2.05) is 37.3 Å². The van der Waals surface area contributed by atoms with Crippen LogP contribution in [0, 0.1) is 6.92 Å². The van der Waals surface area contributed by atoms with Gasteiger partial charge in [-0.1, -0.05) is 35.9 Å². The molecular formula is C14H18O2. The van der Waals surface area contributed by atoms with Crippen LogP contribution in [0.25, 0.3) is 0 Å². The van der Waals surface area contributed by atoms with Crippen molar-refractivity contribution in [2.75, 3.05) is 0 Å². The van der Waals surface area contributed by atoms with Crippen LogP contribution in [0.1, 0.15) is 36.3 Å². The van der Waals surface area contributed by atoms with Gasteiger partial charge in [0.25, 0.3) is 0 Å². The van der Waals surface area contributed by atoms with Gasteiger partial charge in [0, 0.05) is 0 Å². The minimum absolute atomic E-state index is 0.389. The van der Waals surface area contributed by atoms with E-state index in [1.54, 1.807) is 0 Å². The Bertz CT molecular complexity index is 369. The van der Waals surface area contributed by atoms with Crippen molar-refractivity contribution >= 4 is 5.97 Å². The van der Waals surface area contributed by atoms with E-state index in [-0.39, 0.29) is 5.92 Å². The van der Waals surface area contributed by atoms with E-state index >= 15 is 0 Å². The minimum Gasteiger partial charge on any atom is -0.481 e. The Morgan fingerprint density at radius 1 is 1.56 bits per heavy atom. The van der Waals surface area contributed by atoms with Crippen molar-refractivity contribution in [3.05, 3.63) is 48.0 Å². The number of hydrogen-bond donors (Lipinski definition) is 1. The Morgan fingerprint density at radius 2 is 2.31 bits per heavy atom. The number of benzene rings is 1. The first-order chi connectivity index (χ1) is 7.65. The molecular weight excluding hydrogens is 200 g/mol. The Labute approximate surface area is 96.6 Å². The lowest BCUT2D eigenvalue weighted by molar-refractivity contribution is -0.139. The molecule has 0 saturated carbocycles. The van der Waals surface area contributed by atoms with Gasteiger partial charge in [0.2, 0.25) is 0 Å². The Kier molecular flexibility index (Phi) is 4.77. The molecule has 0 aromatic heterocycles. The number of rotatable bonds is 6. The average molecular weight is 218 g/mol.